The molecule has 0 radical (unpaired) electrons. The second kappa shape index (κ2) is 6.01. The van der Waals surface area contributed by atoms with Gasteiger partial charge in [-0.2, -0.15) is 0 Å². The maximum absolute atomic E-state index is 11.8. The lowest BCUT2D eigenvalue weighted by atomic mass is 10.1. The molecule has 1 rings (SSSR count). The van der Waals surface area contributed by atoms with Crippen molar-refractivity contribution in [2.24, 2.45) is 0 Å². The van der Waals surface area contributed by atoms with E-state index < -0.39 is 0 Å². The van der Waals surface area contributed by atoms with Gasteiger partial charge in [0.2, 0.25) is 0 Å². The van der Waals surface area contributed by atoms with E-state index in [1.165, 1.54) is 6.07 Å². The summed E-state index contributed by atoms with van der Waals surface area (Å²) in [5.74, 6) is -0.116. The molecule has 0 amide bonds. The average Bonchev–Trinajstić information content (AvgIpc) is 2.27. The molecule has 0 saturated carbocycles. The van der Waals surface area contributed by atoms with Crippen molar-refractivity contribution in [1.29, 1.82) is 0 Å². The molecule has 1 aromatic rings. The Kier molecular flexibility index (Phi) is 4.94. The Balaban J connectivity index is 2.93. The van der Waals surface area contributed by atoms with Gasteiger partial charge in [0, 0.05) is 5.69 Å². The van der Waals surface area contributed by atoms with Crippen LogP contribution in [0.5, 0.6) is 0 Å². The van der Waals surface area contributed by atoms with Gasteiger partial charge < -0.3 is 4.74 Å². The maximum Gasteiger partial charge on any atom is 0.338 e. The monoisotopic (exact) mass is 255 g/mol. The minimum atomic E-state index is -0.342. The zero-order chi connectivity index (χ0) is 13.0. The van der Waals surface area contributed by atoms with E-state index in [9.17, 15) is 4.79 Å². The van der Waals surface area contributed by atoms with Crippen LogP contribution in [0.1, 0.15) is 56.1 Å². The van der Waals surface area contributed by atoms with Gasteiger partial charge in [-0.3, -0.25) is 0 Å². The molecule has 4 heteroatoms. The van der Waals surface area contributed by atoms with Gasteiger partial charge in [-0.15, -0.1) is 0 Å². The van der Waals surface area contributed by atoms with Gasteiger partial charge in [-0.25, -0.2) is 9.78 Å². The third kappa shape index (κ3) is 4.00. The number of ether oxygens (including phenoxy) is 1. The van der Waals surface area contributed by atoms with Gasteiger partial charge >= 0.3 is 5.97 Å². The lowest BCUT2D eigenvalue weighted by Gasteiger charge is -2.12. The maximum atomic E-state index is 11.8. The van der Waals surface area contributed by atoms with Gasteiger partial charge in [0.05, 0.1) is 11.7 Å². The lowest BCUT2D eigenvalue weighted by Crippen LogP contribution is -2.14. The van der Waals surface area contributed by atoms with E-state index >= 15 is 0 Å². The van der Waals surface area contributed by atoms with Gasteiger partial charge in [0.25, 0.3) is 0 Å². The van der Waals surface area contributed by atoms with Crippen molar-refractivity contribution in [3.8, 4) is 0 Å². The summed E-state index contributed by atoms with van der Waals surface area (Å²) in [6.45, 7) is 7.84. The molecular weight excluding hydrogens is 238 g/mol. The number of carbonyl (C=O) groups excluding carboxylic acids is 1. The first kappa shape index (κ1) is 14.0. The second-order valence-corrected chi connectivity index (χ2v) is 4.77. The van der Waals surface area contributed by atoms with Crippen molar-refractivity contribution in [1.82, 2.24) is 4.98 Å². The minimum absolute atomic E-state index is 0.0862. The first-order chi connectivity index (χ1) is 7.93. The number of aromatic nitrogens is 1. The Bertz CT molecular complexity index is 404. The first-order valence-corrected chi connectivity index (χ1v) is 6.20. The molecule has 0 aromatic carbocycles. The standard InChI is InChI=1S/C13H18ClNO2/c1-5-9(4)17-13(16)10-6-11(8(2)3)15-12(14)7-10/h6-9H,5H2,1-4H3. The summed E-state index contributed by atoms with van der Waals surface area (Å²) < 4.78 is 5.25. The van der Waals surface area contributed by atoms with Crippen LogP contribution in [0.25, 0.3) is 0 Å². The molecule has 1 atom stereocenters. The minimum Gasteiger partial charge on any atom is -0.459 e. The van der Waals surface area contributed by atoms with E-state index in [4.69, 9.17) is 16.3 Å². The number of nitrogens with zero attached hydrogens (tertiary/aromatic N) is 1. The Labute approximate surface area is 107 Å². The molecule has 0 bridgehead atoms. The Morgan fingerprint density at radius 1 is 1.41 bits per heavy atom. The van der Waals surface area contributed by atoms with Crippen molar-refractivity contribution in [2.45, 2.75) is 46.1 Å². The van der Waals surface area contributed by atoms with Crippen LogP contribution in [0.2, 0.25) is 5.15 Å². The van der Waals surface area contributed by atoms with Gasteiger partial charge in [0.15, 0.2) is 0 Å². The van der Waals surface area contributed by atoms with Crippen molar-refractivity contribution in [3.63, 3.8) is 0 Å². The largest absolute Gasteiger partial charge is 0.459 e. The fourth-order valence-corrected chi connectivity index (χ4v) is 1.48. The van der Waals surface area contributed by atoms with Crippen molar-refractivity contribution in [2.75, 3.05) is 0 Å². The number of hydrogen-bond donors (Lipinski definition) is 0. The molecule has 94 valence electrons. The molecule has 17 heavy (non-hydrogen) atoms. The molecule has 1 aromatic heterocycles. The highest BCUT2D eigenvalue weighted by molar-refractivity contribution is 6.29. The molecule has 1 heterocycles. The Morgan fingerprint density at radius 2 is 2.06 bits per heavy atom. The Morgan fingerprint density at radius 3 is 2.59 bits per heavy atom. The highest BCUT2D eigenvalue weighted by atomic mass is 35.5. The average molecular weight is 256 g/mol. The Hall–Kier alpha value is -1.09. The molecule has 0 aliphatic carbocycles. The van der Waals surface area contributed by atoms with Crippen LogP contribution in [-0.4, -0.2) is 17.1 Å². The summed E-state index contributed by atoms with van der Waals surface area (Å²) in [5.41, 5.74) is 1.27. The summed E-state index contributed by atoms with van der Waals surface area (Å²) in [6, 6.07) is 3.28. The van der Waals surface area contributed by atoms with Crippen molar-refractivity contribution >= 4 is 17.6 Å². The molecule has 0 spiro atoms. The first-order valence-electron chi connectivity index (χ1n) is 5.82. The summed E-state index contributed by atoms with van der Waals surface area (Å²) in [4.78, 5) is 16.0. The van der Waals surface area contributed by atoms with E-state index in [2.05, 4.69) is 4.98 Å². The smallest absolute Gasteiger partial charge is 0.338 e. The zero-order valence-corrected chi connectivity index (χ0v) is 11.4. The second-order valence-electron chi connectivity index (χ2n) is 4.38. The summed E-state index contributed by atoms with van der Waals surface area (Å²) in [5, 5.41) is 0.326. The van der Waals surface area contributed by atoms with Crippen molar-refractivity contribution < 1.29 is 9.53 Å². The van der Waals surface area contributed by atoms with Crippen LogP contribution < -0.4 is 0 Å². The van der Waals surface area contributed by atoms with E-state index in [-0.39, 0.29) is 18.0 Å². The molecule has 3 nitrogen and oxygen atoms in total. The quantitative estimate of drug-likeness (QED) is 0.607. The molecule has 1 unspecified atom stereocenters. The summed E-state index contributed by atoms with van der Waals surface area (Å²) >= 11 is 5.89. The third-order valence-corrected chi connectivity index (χ3v) is 2.72. The third-order valence-electron chi connectivity index (χ3n) is 2.52. The SMILES string of the molecule is CCC(C)OC(=O)c1cc(Cl)nc(C(C)C)c1. The topological polar surface area (TPSA) is 39.2 Å². The lowest BCUT2D eigenvalue weighted by molar-refractivity contribution is 0.0334. The molecule has 0 aliphatic rings. The van der Waals surface area contributed by atoms with Gasteiger partial charge in [-0.1, -0.05) is 32.4 Å². The fourth-order valence-electron chi connectivity index (χ4n) is 1.26. The molecule has 0 aliphatic heterocycles. The predicted molar refractivity (Wildman–Crippen MR) is 68.5 cm³/mol. The number of rotatable bonds is 4. The van der Waals surface area contributed by atoms with Crippen LogP contribution >= 0.6 is 11.6 Å². The van der Waals surface area contributed by atoms with Crippen LogP contribution in [0.15, 0.2) is 12.1 Å². The van der Waals surface area contributed by atoms with E-state index in [1.54, 1.807) is 6.07 Å². The van der Waals surface area contributed by atoms with Gasteiger partial charge in [0.1, 0.15) is 5.15 Å². The van der Waals surface area contributed by atoms with Gasteiger partial charge in [-0.05, 0) is 31.4 Å². The summed E-state index contributed by atoms with van der Waals surface area (Å²) in [6.07, 6.45) is 0.707. The number of carbonyl (C=O) groups is 1. The molecule has 0 saturated heterocycles. The highest BCUT2D eigenvalue weighted by Crippen LogP contribution is 2.18. The predicted octanol–water partition coefficient (Wildman–Crippen LogP) is 3.81. The van der Waals surface area contributed by atoms with E-state index in [0.29, 0.717) is 10.7 Å². The van der Waals surface area contributed by atoms with Crippen LogP contribution in [-0.2, 0) is 4.74 Å². The van der Waals surface area contributed by atoms with Crippen LogP contribution in [0.4, 0.5) is 0 Å². The van der Waals surface area contributed by atoms with E-state index in [1.807, 2.05) is 27.7 Å². The number of hydrogen-bond acceptors (Lipinski definition) is 3. The molecular formula is C13H18ClNO2. The van der Waals surface area contributed by atoms with Crippen LogP contribution in [0, 0.1) is 0 Å². The molecule has 0 fully saturated rings. The molecule has 0 N–H and O–H groups in total. The van der Waals surface area contributed by atoms with Crippen LogP contribution in [0.3, 0.4) is 0 Å². The number of esters is 1. The van der Waals surface area contributed by atoms with E-state index in [0.717, 1.165) is 12.1 Å². The number of halogens is 1. The normalized spacial score (nSPS) is 12.6. The highest BCUT2D eigenvalue weighted by Gasteiger charge is 2.14. The van der Waals surface area contributed by atoms with Crippen molar-refractivity contribution in [3.05, 3.63) is 28.5 Å². The fraction of sp³-hybridized carbons (Fsp3) is 0.538. The zero-order valence-electron chi connectivity index (χ0n) is 10.7. The number of pyridine rings is 1. The summed E-state index contributed by atoms with van der Waals surface area (Å²) in [7, 11) is 0.